The Labute approximate surface area is 124 Å². The fourth-order valence-electron chi connectivity index (χ4n) is 1.69. The summed E-state index contributed by atoms with van der Waals surface area (Å²) in [6.07, 6.45) is 3.51. The summed E-state index contributed by atoms with van der Waals surface area (Å²) in [6.45, 7) is 0. The van der Waals surface area contributed by atoms with Crippen LogP contribution in [0.2, 0.25) is 5.15 Å². The minimum Gasteiger partial charge on any atom is -0.393 e. The molecule has 0 amide bonds. The van der Waals surface area contributed by atoms with E-state index >= 15 is 0 Å². The molecule has 0 aliphatic carbocycles. The van der Waals surface area contributed by atoms with Crippen LogP contribution in [0.3, 0.4) is 0 Å². The van der Waals surface area contributed by atoms with Crippen LogP contribution in [0.1, 0.15) is 5.56 Å². The second kappa shape index (κ2) is 6.12. The zero-order chi connectivity index (χ0) is 13.8. The van der Waals surface area contributed by atoms with Crippen molar-refractivity contribution in [2.24, 2.45) is 0 Å². The van der Waals surface area contributed by atoms with E-state index < -0.39 is 0 Å². The number of fused-ring (bicyclic) bond motifs is 1. The van der Waals surface area contributed by atoms with E-state index in [1.54, 1.807) is 25.5 Å². The summed E-state index contributed by atoms with van der Waals surface area (Å²) in [7, 11) is 1.80. The molecule has 2 heterocycles. The summed E-state index contributed by atoms with van der Waals surface area (Å²) in [4.78, 5) is 8.58. The Morgan fingerprint density at radius 1 is 1.47 bits per heavy atom. The summed E-state index contributed by atoms with van der Waals surface area (Å²) in [5.74, 6) is 0. The molecule has 0 spiro atoms. The Morgan fingerprint density at radius 3 is 2.95 bits per heavy atom. The van der Waals surface area contributed by atoms with E-state index in [9.17, 15) is 0 Å². The van der Waals surface area contributed by atoms with Gasteiger partial charge in [-0.1, -0.05) is 27.5 Å². The Kier molecular flexibility index (Phi) is 4.50. The van der Waals surface area contributed by atoms with Gasteiger partial charge in [-0.25, -0.2) is 4.98 Å². The summed E-state index contributed by atoms with van der Waals surface area (Å²) in [5, 5.41) is 11.8. The molecule has 0 aromatic carbocycles. The molecule has 4 nitrogen and oxygen atoms in total. The highest BCUT2D eigenvalue weighted by molar-refractivity contribution is 9.09. The number of pyridine rings is 2. The van der Waals surface area contributed by atoms with Crippen molar-refractivity contribution >= 4 is 49.8 Å². The van der Waals surface area contributed by atoms with E-state index in [-0.39, 0.29) is 0 Å². The van der Waals surface area contributed by atoms with E-state index in [1.165, 1.54) is 0 Å². The molecule has 0 saturated carbocycles. The van der Waals surface area contributed by atoms with Crippen LogP contribution < -0.4 is 5.32 Å². The number of aromatic nitrogens is 2. The first-order valence-electron chi connectivity index (χ1n) is 5.59. The molecule has 2 aromatic heterocycles. The third kappa shape index (κ3) is 3.11. The zero-order valence-corrected chi connectivity index (χ0v) is 12.6. The molecule has 0 aliphatic rings. The average molecular weight is 340 g/mol. The third-order valence-electron chi connectivity index (χ3n) is 2.56. The van der Waals surface area contributed by atoms with Crippen molar-refractivity contribution in [3.8, 4) is 0 Å². The zero-order valence-electron chi connectivity index (χ0n) is 10.2. The van der Waals surface area contributed by atoms with Gasteiger partial charge < -0.3 is 10.7 Å². The lowest BCUT2D eigenvalue weighted by molar-refractivity contribution is 1.11. The molecule has 2 N–H and O–H groups in total. The molecule has 0 atom stereocenters. The fourth-order valence-corrected chi connectivity index (χ4v) is 2.15. The lowest BCUT2D eigenvalue weighted by Gasteiger charge is -2.08. The molecule has 0 aliphatic heterocycles. The van der Waals surface area contributed by atoms with Crippen molar-refractivity contribution < 1.29 is 0 Å². The van der Waals surface area contributed by atoms with Gasteiger partial charge >= 0.3 is 0 Å². The van der Waals surface area contributed by atoms with Crippen molar-refractivity contribution in [2.45, 2.75) is 0 Å². The van der Waals surface area contributed by atoms with Gasteiger partial charge in [0, 0.05) is 35.9 Å². The number of hydrogen-bond donors (Lipinski definition) is 2. The maximum Gasteiger partial charge on any atom is 0.129 e. The predicted molar refractivity (Wildman–Crippen MR) is 83.1 cm³/mol. The van der Waals surface area contributed by atoms with E-state index in [0.717, 1.165) is 22.2 Å². The Hall–Kier alpha value is -1.46. The third-order valence-corrected chi connectivity index (χ3v) is 3.33. The van der Waals surface area contributed by atoms with Crippen molar-refractivity contribution in [3.05, 3.63) is 41.3 Å². The maximum atomic E-state index is 7.96. The first-order valence-corrected chi connectivity index (χ1v) is 7.09. The van der Waals surface area contributed by atoms with Gasteiger partial charge in [0.2, 0.25) is 0 Å². The minimum absolute atomic E-state index is 0.432. The number of nitrogens with one attached hydrogen (secondary N) is 2. The summed E-state index contributed by atoms with van der Waals surface area (Å²) in [5.41, 5.74) is 3.57. The molecule has 0 radical (unpaired) electrons. The lowest BCUT2D eigenvalue weighted by atomic mass is 10.0. The summed E-state index contributed by atoms with van der Waals surface area (Å²) < 4.78 is 0. The van der Waals surface area contributed by atoms with E-state index in [2.05, 4.69) is 31.2 Å². The second-order valence-corrected chi connectivity index (χ2v) is 4.80. The first kappa shape index (κ1) is 14.0. The van der Waals surface area contributed by atoms with Crippen LogP contribution in [0.15, 0.2) is 30.6 Å². The van der Waals surface area contributed by atoms with Crippen molar-refractivity contribution in [1.82, 2.24) is 15.3 Å². The standard InChI is InChI=1S/C13H12BrClN4/c1-17-7-9(10(16)5-14)8-4-12-11(18-6-8)2-3-13(15)19-12/h2-4,6-7,16-17H,5H2,1H3/b9-7-,16-10?. The molecule has 0 saturated heterocycles. The SMILES string of the molecule is CN/C=C(\C(=N)CBr)c1cnc2ccc(Cl)nc2c1. The van der Waals surface area contributed by atoms with Crippen LogP contribution in [-0.2, 0) is 0 Å². The van der Waals surface area contributed by atoms with Crippen LogP contribution >= 0.6 is 27.5 Å². The van der Waals surface area contributed by atoms with Gasteiger partial charge in [0.15, 0.2) is 0 Å². The van der Waals surface area contributed by atoms with Crippen LogP contribution in [0, 0.1) is 5.41 Å². The average Bonchev–Trinajstić information content (AvgIpc) is 2.43. The molecule has 0 unspecified atom stereocenters. The van der Waals surface area contributed by atoms with Gasteiger partial charge in [-0.3, -0.25) is 4.98 Å². The summed E-state index contributed by atoms with van der Waals surface area (Å²) >= 11 is 9.18. The largest absolute Gasteiger partial charge is 0.393 e. The van der Waals surface area contributed by atoms with Crippen LogP contribution in [0.4, 0.5) is 0 Å². The van der Waals surface area contributed by atoms with Gasteiger partial charge in [-0.2, -0.15) is 0 Å². The van der Waals surface area contributed by atoms with Crippen molar-refractivity contribution in [1.29, 1.82) is 5.41 Å². The predicted octanol–water partition coefficient (Wildman–Crippen LogP) is 3.26. The van der Waals surface area contributed by atoms with Crippen LogP contribution in [0.25, 0.3) is 16.6 Å². The fraction of sp³-hybridized carbons (Fsp3) is 0.154. The Morgan fingerprint density at radius 2 is 2.26 bits per heavy atom. The van der Waals surface area contributed by atoms with Gasteiger partial charge in [0.05, 0.1) is 16.7 Å². The van der Waals surface area contributed by atoms with Crippen molar-refractivity contribution in [3.63, 3.8) is 0 Å². The molecule has 98 valence electrons. The molecule has 19 heavy (non-hydrogen) atoms. The minimum atomic E-state index is 0.432. The van der Waals surface area contributed by atoms with Gasteiger partial charge in [-0.15, -0.1) is 0 Å². The number of hydrogen-bond acceptors (Lipinski definition) is 4. The van der Waals surface area contributed by atoms with Crippen LogP contribution in [0.5, 0.6) is 0 Å². The van der Waals surface area contributed by atoms with E-state index in [4.69, 9.17) is 17.0 Å². The molecular formula is C13H12BrClN4. The molecule has 2 rings (SSSR count). The maximum absolute atomic E-state index is 7.96. The number of allylic oxidation sites excluding steroid dienone is 1. The first-order chi connectivity index (χ1) is 9.15. The smallest absolute Gasteiger partial charge is 0.129 e. The molecule has 0 bridgehead atoms. The normalized spacial score (nSPS) is 11.6. The Bertz CT molecular complexity index is 654. The number of nitrogens with zero attached hydrogens (tertiary/aromatic N) is 2. The quantitative estimate of drug-likeness (QED) is 0.510. The van der Waals surface area contributed by atoms with E-state index in [0.29, 0.717) is 16.2 Å². The van der Waals surface area contributed by atoms with Crippen molar-refractivity contribution in [2.75, 3.05) is 12.4 Å². The molecular weight excluding hydrogens is 328 g/mol. The summed E-state index contributed by atoms with van der Waals surface area (Å²) in [6, 6.07) is 5.42. The van der Waals surface area contributed by atoms with Crippen LogP contribution in [-0.4, -0.2) is 28.1 Å². The highest BCUT2D eigenvalue weighted by Gasteiger charge is 2.09. The number of alkyl halides is 1. The Balaban J connectivity index is 2.54. The second-order valence-electron chi connectivity index (χ2n) is 3.86. The van der Waals surface area contributed by atoms with Gasteiger partial charge in [0.1, 0.15) is 5.15 Å². The molecule has 2 aromatic rings. The highest BCUT2D eigenvalue weighted by Crippen LogP contribution is 2.20. The monoisotopic (exact) mass is 338 g/mol. The highest BCUT2D eigenvalue weighted by atomic mass is 79.9. The van der Waals surface area contributed by atoms with Gasteiger partial charge in [-0.05, 0) is 18.2 Å². The van der Waals surface area contributed by atoms with Gasteiger partial charge in [0.25, 0.3) is 0 Å². The number of rotatable bonds is 4. The topological polar surface area (TPSA) is 61.7 Å². The lowest BCUT2D eigenvalue weighted by Crippen LogP contribution is -2.07. The number of halogens is 2. The molecule has 0 fully saturated rings. The van der Waals surface area contributed by atoms with E-state index in [1.807, 2.05) is 12.1 Å². The molecule has 6 heteroatoms.